The summed E-state index contributed by atoms with van der Waals surface area (Å²) in [6.45, 7) is 13.1. The van der Waals surface area contributed by atoms with E-state index in [-0.39, 0.29) is 5.41 Å². The first-order chi connectivity index (χ1) is 8.79. The third kappa shape index (κ3) is 2.24. The molecule has 0 radical (unpaired) electrons. The average Bonchev–Trinajstić information content (AvgIpc) is 2.64. The zero-order valence-electron chi connectivity index (χ0n) is 13.2. The van der Waals surface area contributed by atoms with Crippen molar-refractivity contribution in [3.63, 3.8) is 0 Å². The summed E-state index contributed by atoms with van der Waals surface area (Å²) < 4.78 is 0. The molecule has 0 saturated carbocycles. The molecule has 0 aliphatic heterocycles. The van der Waals surface area contributed by atoms with Gasteiger partial charge in [-0.15, -0.1) is 0 Å². The van der Waals surface area contributed by atoms with E-state index in [4.69, 9.17) is 0 Å². The second-order valence-electron chi connectivity index (χ2n) is 6.81. The average molecular weight is 258 g/mol. The smallest absolute Gasteiger partial charge is 0.163 e. The van der Waals surface area contributed by atoms with Crippen LogP contribution in [-0.2, 0) is 11.8 Å². The summed E-state index contributed by atoms with van der Waals surface area (Å²) in [5.74, 6) is 0.708. The number of hydrogen-bond acceptors (Lipinski definition) is 1. The Balaban J connectivity index is 2.73. The van der Waals surface area contributed by atoms with E-state index in [9.17, 15) is 4.79 Å². The van der Waals surface area contributed by atoms with Crippen molar-refractivity contribution in [2.75, 3.05) is 0 Å². The largest absolute Gasteiger partial charge is 0.294 e. The summed E-state index contributed by atoms with van der Waals surface area (Å²) in [5.41, 5.74) is 6.68. The molecule has 0 spiro atoms. The molecule has 1 nitrogen and oxygen atoms in total. The highest BCUT2D eigenvalue weighted by molar-refractivity contribution is 5.99. The number of rotatable bonds is 3. The predicted octanol–water partition coefficient (Wildman–Crippen LogP) is 4.93. The van der Waals surface area contributed by atoms with Gasteiger partial charge in [-0.2, -0.15) is 0 Å². The fraction of sp³-hybridized carbons (Fsp3) is 0.611. The summed E-state index contributed by atoms with van der Waals surface area (Å²) in [4.78, 5) is 12.3. The molecular formula is C18H26O. The summed E-state index contributed by atoms with van der Waals surface area (Å²) in [6.07, 6.45) is 2.92. The minimum Gasteiger partial charge on any atom is -0.294 e. The molecule has 0 amide bonds. The van der Waals surface area contributed by atoms with E-state index in [1.807, 2.05) is 6.92 Å². The Labute approximate surface area is 117 Å². The van der Waals surface area contributed by atoms with Gasteiger partial charge in [-0.25, -0.2) is 0 Å². The Morgan fingerprint density at radius 1 is 1.37 bits per heavy atom. The van der Waals surface area contributed by atoms with E-state index < -0.39 is 0 Å². The van der Waals surface area contributed by atoms with Crippen molar-refractivity contribution in [1.82, 2.24) is 0 Å². The van der Waals surface area contributed by atoms with Crippen LogP contribution in [0.5, 0.6) is 0 Å². The lowest BCUT2D eigenvalue weighted by molar-refractivity contribution is 0.0986. The van der Waals surface area contributed by atoms with Crippen molar-refractivity contribution in [2.45, 2.75) is 72.1 Å². The molecule has 104 valence electrons. The highest BCUT2D eigenvalue weighted by atomic mass is 16.1. The van der Waals surface area contributed by atoms with Crippen LogP contribution in [0.1, 0.15) is 86.0 Å². The summed E-state index contributed by atoms with van der Waals surface area (Å²) in [7, 11) is 0. The molecule has 19 heavy (non-hydrogen) atoms. The molecule has 0 unspecified atom stereocenters. The van der Waals surface area contributed by atoms with Crippen molar-refractivity contribution in [3.05, 3.63) is 33.9 Å². The number of Topliss-reactive ketones (excluding diaryl/α,β-unsaturated/α-hetero) is 1. The Morgan fingerprint density at radius 2 is 2.00 bits per heavy atom. The number of carbonyl (C=O) groups is 1. The first-order valence-electron chi connectivity index (χ1n) is 7.49. The Morgan fingerprint density at radius 3 is 2.53 bits per heavy atom. The minimum atomic E-state index is 0.261. The summed E-state index contributed by atoms with van der Waals surface area (Å²) >= 11 is 0. The monoisotopic (exact) mass is 258 g/mol. The third-order valence-electron chi connectivity index (χ3n) is 4.69. The SMILES string of the molecule is CCC(=O)c1c(C(C)C)cc2c(c1C)CCC2(C)C. The van der Waals surface area contributed by atoms with Gasteiger partial charge in [-0.3, -0.25) is 4.79 Å². The fourth-order valence-corrected chi connectivity index (χ4v) is 3.38. The lowest BCUT2D eigenvalue weighted by atomic mass is 9.80. The van der Waals surface area contributed by atoms with Crippen LogP contribution in [0.3, 0.4) is 0 Å². The van der Waals surface area contributed by atoms with Crippen LogP contribution in [-0.4, -0.2) is 5.78 Å². The van der Waals surface area contributed by atoms with E-state index in [0.29, 0.717) is 18.1 Å². The Bertz CT molecular complexity index is 521. The number of benzene rings is 1. The highest BCUT2D eigenvalue weighted by Crippen LogP contribution is 2.43. The van der Waals surface area contributed by atoms with E-state index in [2.05, 4.69) is 40.7 Å². The van der Waals surface area contributed by atoms with Gasteiger partial charge in [-0.05, 0) is 53.4 Å². The topological polar surface area (TPSA) is 17.1 Å². The molecule has 2 rings (SSSR count). The van der Waals surface area contributed by atoms with Gasteiger partial charge in [0.15, 0.2) is 5.78 Å². The van der Waals surface area contributed by atoms with E-state index in [0.717, 1.165) is 12.0 Å². The van der Waals surface area contributed by atoms with Crippen LogP contribution in [0.4, 0.5) is 0 Å². The molecule has 0 fully saturated rings. The molecule has 0 N–H and O–H groups in total. The van der Waals surface area contributed by atoms with Crippen LogP contribution < -0.4 is 0 Å². The van der Waals surface area contributed by atoms with Crippen molar-refractivity contribution in [2.24, 2.45) is 0 Å². The van der Waals surface area contributed by atoms with E-state index in [1.54, 1.807) is 0 Å². The van der Waals surface area contributed by atoms with Crippen molar-refractivity contribution in [3.8, 4) is 0 Å². The van der Waals surface area contributed by atoms with Gasteiger partial charge < -0.3 is 0 Å². The number of ketones is 1. The van der Waals surface area contributed by atoms with Crippen LogP contribution in [0.25, 0.3) is 0 Å². The maximum atomic E-state index is 12.3. The van der Waals surface area contributed by atoms with Crippen molar-refractivity contribution >= 4 is 5.78 Å². The lowest BCUT2D eigenvalue weighted by Crippen LogP contribution is -2.15. The first-order valence-corrected chi connectivity index (χ1v) is 7.49. The van der Waals surface area contributed by atoms with Gasteiger partial charge in [0, 0.05) is 12.0 Å². The molecule has 0 aromatic heterocycles. The van der Waals surface area contributed by atoms with Gasteiger partial charge in [-0.1, -0.05) is 40.7 Å². The second-order valence-corrected chi connectivity index (χ2v) is 6.81. The molecule has 1 aliphatic carbocycles. The summed E-state index contributed by atoms with van der Waals surface area (Å²) in [5, 5.41) is 0. The number of fused-ring (bicyclic) bond motifs is 1. The van der Waals surface area contributed by atoms with Crippen LogP contribution in [0, 0.1) is 6.92 Å². The zero-order chi connectivity index (χ0) is 14.4. The van der Waals surface area contributed by atoms with Crippen molar-refractivity contribution in [1.29, 1.82) is 0 Å². The lowest BCUT2D eigenvalue weighted by Gasteiger charge is -2.24. The molecule has 1 heteroatoms. The molecule has 0 bridgehead atoms. The standard InChI is InChI=1S/C18H26O/c1-7-16(19)17-12(4)13-8-9-18(5,6)15(13)10-14(17)11(2)3/h10-11H,7-9H2,1-6H3. The molecule has 1 aromatic rings. The van der Waals surface area contributed by atoms with Gasteiger partial charge in [0.05, 0.1) is 0 Å². The molecule has 1 aromatic carbocycles. The molecule has 0 saturated heterocycles. The summed E-state index contributed by atoms with van der Waals surface area (Å²) in [6, 6.07) is 2.32. The predicted molar refractivity (Wildman–Crippen MR) is 81.2 cm³/mol. The van der Waals surface area contributed by atoms with Gasteiger partial charge in [0.1, 0.15) is 0 Å². The van der Waals surface area contributed by atoms with Crippen molar-refractivity contribution < 1.29 is 4.79 Å². The maximum absolute atomic E-state index is 12.3. The Hall–Kier alpha value is -1.11. The van der Waals surface area contributed by atoms with E-state index >= 15 is 0 Å². The van der Waals surface area contributed by atoms with Gasteiger partial charge >= 0.3 is 0 Å². The minimum absolute atomic E-state index is 0.261. The normalized spacial score (nSPS) is 16.8. The van der Waals surface area contributed by atoms with E-state index in [1.165, 1.54) is 28.7 Å². The molecular weight excluding hydrogens is 232 g/mol. The Kier molecular flexibility index (Phi) is 3.59. The molecule has 0 atom stereocenters. The van der Waals surface area contributed by atoms with Crippen LogP contribution in [0.15, 0.2) is 6.07 Å². The third-order valence-corrected chi connectivity index (χ3v) is 4.69. The molecule has 1 aliphatic rings. The van der Waals surface area contributed by atoms with Crippen LogP contribution >= 0.6 is 0 Å². The zero-order valence-corrected chi connectivity index (χ0v) is 13.2. The van der Waals surface area contributed by atoms with Gasteiger partial charge in [0.2, 0.25) is 0 Å². The quantitative estimate of drug-likeness (QED) is 0.702. The number of carbonyl (C=O) groups excluding carboxylic acids is 1. The first kappa shape index (κ1) is 14.3. The highest BCUT2D eigenvalue weighted by Gasteiger charge is 2.33. The van der Waals surface area contributed by atoms with Gasteiger partial charge in [0.25, 0.3) is 0 Å². The second kappa shape index (κ2) is 4.77. The van der Waals surface area contributed by atoms with Crippen LogP contribution in [0.2, 0.25) is 0 Å². The number of hydrogen-bond donors (Lipinski definition) is 0. The fourth-order valence-electron chi connectivity index (χ4n) is 3.38. The maximum Gasteiger partial charge on any atom is 0.163 e. The molecule has 0 heterocycles.